The fourth-order valence-electron chi connectivity index (χ4n) is 0.0173. The van der Waals surface area contributed by atoms with E-state index in [1.807, 2.05) is 0 Å². The molecule has 0 unspecified atom stereocenters. The summed E-state index contributed by atoms with van der Waals surface area (Å²) in [6.07, 6.45) is 1.03. The Kier molecular flexibility index (Phi) is 2.66. The van der Waals surface area contributed by atoms with E-state index in [2.05, 4.69) is 4.84 Å². The third-order valence-electron chi connectivity index (χ3n) is 0.0842. The van der Waals surface area contributed by atoms with Crippen molar-refractivity contribution < 1.29 is 9.32 Å². The maximum atomic E-state index is 10.3. The number of hydrogen-bond donors (Lipinski definition) is 1. The molecule has 0 heterocycles. The molecule has 0 aromatic rings. The summed E-state index contributed by atoms with van der Waals surface area (Å²) in [6.45, 7) is 0. The Hall–Kier alpha value is -0.820. The summed E-state index contributed by atoms with van der Waals surface area (Å²) in [7, 11) is 0. The standard InChI is InChI=1S/CHFN2O/c2-4-5-1-3/h4H. The Bertz CT molecular complexity index is 48.1. The minimum Gasteiger partial charge on any atom is -0.299 e. The predicted octanol–water partition coefficient (Wildman–Crippen LogP) is -0.127. The lowest BCUT2D eigenvalue weighted by Gasteiger charge is -1.73. The van der Waals surface area contributed by atoms with Crippen LogP contribution in [0.4, 0.5) is 4.48 Å². The van der Waals surface area contributed by atoms with E-state index in [1.165, 1.54) is 0 Å². The monoisotopic (exact) mass is 76.0 g/mol. The molecule has 0 spiro atoms. The summed E-state index contributed by atoms with van der Waals surface area (Å²) in [5.41, 5.74) is 0.656. The van der Waals surface area contributed by atoms with Crippen LogP contribution in [0.3, 0.4) is 0 Å². The van der Waals surface area contributed by atoms with Crippen molar-refractivity contribution in [2.45, 2.75) is 0 Å². The average Bonchev–Trinajstić information content (AvgIpc) is 1.41. The molecule has 0 aliphatic rings. The van der Waals surface area contributed by atoms with Crippen molar-refractivity contribution >= 4 is 0 Å². The van der Waals surface area contributed by atoms with Gasteiger partial charge < -0.3 is 0 Å². The topological polar surface area (TPSA) is 45.0 Å². The lowest BCUT2D eigenvalue weighted by atomic mass is 11.6. The summed E-state index contributed by atoms with van der Waals surface area (Å²) in [6, 6.07) is 0. The summed E-state index contributed by atoms with van der Waals surface area (Å²) < 4.78 is 10.3. The highest BCUT2D eigenvalue weighted by Crippen LogP contribution is 1.50. The van der Waals surface area contributed by atoms with Crippen LogP contribution in [0.2, 0.25) is 0 Å². The SMILES string of the molecule is N#CONF. The fourth-order valence-corrected chi connectivity index (χ4v) is 0.0173. The first kappa shape index (κ1) is 4.18. The molecule has 3 nitrogen and oxygen atoms in total. The van der Waals surface area contributed by atoms with Gasteiger partial charge in [0.15, 0.2) is 0 Å². The zero-order valence-corrected chi connectivity index (χ0v) is 2.23. The summed E-state index contributed by atoms with van der Waals surface area (Å²) in [5, 5.41) is 7.29. The van der Waals surface area contributed by atoms with Crippen molar-refractivity contribution in [3.8, 4) is 6.26 Å². The van der Waals surface area contributed by atoms with Gasteiger partial charge in [0.05, 0.1) is 0 Å². The van der Waals surface area contributed by atoms with Crippen LogP contribution >= 0.6 is 0 Å². The molecule has 0 fully saturated rings. The van der Waals surface area contributed by atoms with E-state index in [0.717, 1.165) is 6.26 Å². The largest absolute Gasteiger partial charge is 0.309 e. The highest BCUT2D eigenvalue weighted by atomic mass is 19.2. The molecule has 0 aromatic heterocycles. The van der Waals surface area contributed by atoms with Crippen molar-refractivity contribution in [2.75, 3.05) is 0 Å². The van der Waals surface area contributed by atoms with Gasteiger partial charge in [-0.05, 0) is 0 Å². The van der Waals surface area contributed by atoms with Gasteiger partial charge in [0.25, 0.3) is 0 Å². The molecule has 0 aliphatic carbocycles. The Balaban J connectivity index is 2.48. The van der Waals surface area contributed by atoms with Gasteiger partial charge in [-0.2, -0.15) is 0 Å². The number of rotatable bonds is 1. The third kappa shape index (κ3) is 3.18. The maximum absolute atomic E-state index is 10.3. The van der Waals surface area contributed by atoms with E-state index in [-0.39, 0.29) is 0 Å². The van der Waals surface area contributed by atoms with E-state index in [1.54, 1.807) is 0 Å². The molecule has 0 saturated heterocycles. The Morgan fingerprint density at radius 3 is 2.60 bits per heavy atom. The Labute approximate surface area is 27.9 Å². The van der Waals surface area contributed by atoms with Crippen molar-refractivity contribution in [1.29, 1.82) is 5.26 Å². The molecule has 0 aliphatic heterocycles. The maximum Gasteiger partial charge on any atom is 0.309 e. The van der Waals surface area contributed by atoms with Gasteiger partial charge in [0.1, 0.15) is 0 Å². The molecule has 0 radical (unpaired) electrons. The molecule has 5 heavy (non-hydrogen) atoms. The molecular weight excluding hydrogens is 75.0 g/mol. The van der Waals surface area contributed by atoms with Crippen LogP contribution in [0.25, 0.3) is 0 Å². The number of halogens is 1. The second-order valence-corrected chi connectivity index (χ2v) is 0.271. The summed E-state index contributed by atoms with van der Waals surface area (Å²) in [5.74, 6) is 0. The molecular formula is CHFN2O. The van der Waals surface area contributed by atoms with Gasteiger partial charge in [-0.1, -0.05) is 4.48 Å². The first-order valence-corrected chi connectivity index (χ1v) is 0.821. The van der Waals surface area contributed by atoms with Gasteiger partial charge in [-0.3, -0.25) is 4.84 Å². The summed E-state index contributed by atoms with van der Waals surface area (Å²) >= 11 is 0. The third-order valence-corrected chi connectivity index (χ3v) is 0.0842. The van der Waals surface area contributed by atoms with Gasteiger partial charge >= 0.3 is 6.26 Å². The minimum atomic E-state index is 0.656. The molecule has 0 amide bonds. The Morgan fingerprint density at radius 1 is 2.00 bits per heavy atom. The van der Waals surface area contributed by atoms with E-state index in [0.29, 0.717) is 5.70 Å². The lowest BCUT2D eigenvalue weighted by Crippen LogP contribution is -1.92. The average molecular weight is 76.0 g/mol. The van der Waals surface area contributed by atoms with E-state index < -0.39 is 0 Å². The van der Waals surface area contributed by atoms with Crippen molar-refractivity contribution in [2.24, 2.45) is 0 Å². The van der Waals surface area contributed by atoms with E-state index in [9.17, 15) is 4.48 Å². The highest BCUT2D eigenvalue weighted by Gasteiger charge is 1.61. The molecule has 0 atom stereocenters. The van der Waals surface area contributed by atoms with Gasteiger partial charge in [-0.25, -0.2) is 0 Å². The van der Waals surface area contributed by atoms with Gasteiger partial charge in [-0.15, -0.1) is 5.26 Å². The van der Waals surface area contributed by atoms with Crippen LogP contribution < -0.4 is 5.70 Å². The first-order valence-electron chi connectivity index (χ1n) is 0.821. The molecule has 4 heteroatoms. The van der Waals surface area contributed by atoms with E-state index >= 15 is 0 Å². The Morgan fingerprint density at radius 2 is 2.60 bits per heavy atom. The van der Waals surface area contributed by atoms with Crippen LogP contribution in [0.5, 0.6) is 0 Å². The number of hydrogen-bond acceptors (Lipinski definition) is 3. The van der Waals surface area contributed by atoms with Crippen molar-refractivity contribution in [3.05, 3.63) is 0 Å². The highest BCUT2D eigenvalue weighted by molar-refractivity contribution is 4.38. The van der Waals surface area contributed by atoms with Crippen LogP contribution in [-0.4, -0.2) is 0 Å². The predicted molar refractivity (Wildman–Crippen MR) is 10.9 cm³/mol. The first-order chi connectivity index (χ1) is 2.41. The molecule has 1 N–H and O–H groups in total. The van der Waals surface area contributed by atoms with Crippen LogP contribution in [0.15, 0.2) is 0 Å². The number of nitrogens with one attached hydrogen (secondary N) is 1. The molecule has 0 rings (SSSR count). The van der Waals surface area contributed by atoms with Crippen LogP contribution in [-0.2, 0) is 4.84 Å². The van der Waals surface area contributed by atoms with Crippen LogP contribution in [0, 0.1) is 11.5 Å². The zero-order chi connectivity index (χ0) is 4.12. The molecule has 28 valence electrons. The number of nitriles is 1. The van der Waals surface area contributed by atoms with Crippen LogP contribution in [0.1, 0.15) is 0 Å². The molecule has 0 aromatic carbocycles. The summed E-state index contributed by atoms with van der Waals surface area (Å²) in [4.78, 5) is 3.22. The van der Waals surface area contributed by atoms with Gasteiger partial charge in [0, 0.05) is 5.70 Å². The molecule has 0 bridgehead atoms. The minimum absolute atomic E-state index is 0.656. The van der Waals surface area contributed by atoms with Gasteiger partial charge in [0.2, 0.25) is 0 Å². The second kappa shape index (κ2) is 3.18. The lowest BCUT2D eigenvalue weighted by molar-refractivity contribution is 0.0129. The van der Waals surface area contributed by atoms with Crippen molar-refractivity contribution in [1.82, 2.24) is 5.70 Å². The second-order valence-electron chi connectivity index (χ2n) is 0.271. The fraction of sp³-hybridized carbons (Fsp3) is 0. The number of nitrogens with zero attached hydrogens (tertiary/aromatic N) is 1. The molecule has 0 saturated carbocycles. The zero-order valence-electron chi connectivity index (χ0n) is 2.23. The smallest absolute Gasteiger partial charge is 0.299 e. The quantitative estimate of drug-likeness (QED) is 0.269. The van der Waals surface area contributed by atoms with E-state index in [4.69, 9.17) is 5.26 Å². The van der Waals surface area contributed by atoms with Crippen molar-refractivity contribution in [3.63, 3.8) is 0 Å². The normalized spacial score (nSPS) is 5.60.